The highest BCUT2D eigenvalue weighted by atomic mass is 16.3. The van der Waals surface area contributed by atoms with Crippen molar-refractivity contribution in [3.8, 4) is 0 Å². The first-order chi connectivity index (χ1) is 7.86. The van der Waals surface area contributed by atoms with Gasteiger partial charge >= 0.3 is 0 Å². The first kappa shape index (κ1) is 12.2. The molecule has 0 radical (unpaired) electrons. The predicted octanol–water partition coefficient (Wildman–Crippen LogP) is 3.65. The SMILES string of the molecule is CC(O)Cc1cc2ccc(C(C)(C)C)cc2o1. The molecule has 2 rings (SSSR count). The summed E-state index contributed by atoms with van der Waals surface area (Å²) in [6, 6.07) is 8.34. The van der Waals surface area contributed by atoms with Gasteiger partial charge < -0.3 is 9.52 Å². The minimum atomic E-state index is -0.363. The molecule has 1 atom stereocenters. The van der Waals surface area contributed by atoms with Crippen molar-refractivity contribution >= 4 is 11.0 Å². The van der Waals surface area contributed by atoms with Crippen molar-refractivity contribution in [2.24, 2.45) is 0 Å². The Hall–Kier alpha value is -1.28. The van der Waals surface area contributed by atoms with Gasteiger partial charge in [-0.3, -0.25) is 0 Å². The maximum absolute atomic E-state index is 9.35. The molecule has 92 valence electrons. The van der Waals surface area contributed by atoms with Crippen molar-refractivity contribution in [1.29, 1.82) is 0 Å². The molecule has 1 N–H and O–H groups in total. The summed E-state index contributed by atoms with van der Waals surface area (Å²) < 4.78 is 5.75. The molecule has 0 bridgehead atoms. The lowest BCUT2D eigenvalue weighted by Gasteiger charge is -2.18. The highest BCUT2D eigenvalue weighted by Gasteiger charge is 2.15. The Morgan fingerprint density at radius 2 is 1.94 bits per heavy atom. The quantitative estimate of drug-likeness (QED) is 0.857. The van der Waals surface area contributed by atoms with Gasteiger partial charge in [-0.1, -0.05) is 32.9 Å². The van der Waals surface area contributed by atoms with Crippen LogP contribution in [0.15, 0.2) is 28.7 Å². The zero-order chi connectivity index (χ0) is 12.6. The average Bonchev–Trinajstić information content (AvgIpc) is 2.55. The summed E-state index contributed by atoms with van der Waals surface area (Å²) in [5.74, 6) is 0.848. The third-order valence-corrected chi connectivity index (χ3v) is 2.93. The maximum atomic E-state index is 9.35. The Bertz CT molecular complexity index is 515. The van der Waals surface area contributed by atoms with Gasteiger partial charge in [-0.05, 0) is 30.0 Å². The second kappa shape index (κ2) is 4.19. The Balaban J connectivity index is 2.41. The lowest BCUT2D eigenvalue weighted by atomic mass is 9.87. The van der Waals surface area contributed by atoms with Crippen LogP contribution in [0.4, 0.5) is 0 Å². The third-order valence-electron chi connectivity index (χ3n) is 2.93. The molecule has 0 amide bonds. The van der Waals surface area contributed by atoms with Crippen molar-refractivity contribution in [2.45, 2.75) is 45.6 Å². The van der Waals surface area contributed by atoms with Gasteiger partial charge in [0.1, 0.15) is 11.3 Å². The van der Waals surface area contributed by atoms with Crippen LogP contribution in [0.2, 0.25) is 0 Å². The van der Waals surface area contributed by atoms with Crippen LogP contribution in [0.5, 0.6) is 0 Å². The van der Waals surface area contributed by atoms with Gasteiger partial charge in [-0.2, -0.15) is 0 Å². The van der Waals surface area contributed by atoms with E-state index in [0.717, 1.165) is 16.7 Å². The van der Waals surface area contributed by atoms with E-state index in [1.807, 2.05) is 6.07 Å². The van der Waals surface area contributed by atoms with Crippen LogP contribution in [0.25, 0.3) is 11.0 Å². The second-order valence-electron chi connectivity index (χ2n) is 5.77. The fraction of sp³-hybridized carbons (Fsp3) is 0.467. The van der Waals surface area contributed by atoms with E-state index in [1.54, 1.807) is 6.92 Å². The lowest BCUT2D eigenvalue weighted by Crippen LogP contribution is -2.10. The van der Waals surface area contributed by atoms with Crippen LogP contribution in [-0.4, -0.2) is 11.2 Å². The third kappa shape index (κ3) is 2.70. The number of rotatable bonds is 2. The monoisotopic (exact) mass is 232 g/mol. The Kier molecular flexibility index (Phi) is 3.00. The molecule has 1 unspecified atom stereocenters. The van der Waals surface area contributed by atoms with Gasteiger partial charge in [0.05, 0.1) is 6.10 Å². The zero-order valence-corrected chi connectivity index (χ0v) is 10.9. The molecule has 2 aromatic rings. The zero-order valence-electron chi connectivity index (χ0n) is 10.9. The van der Waals surface area contributed by atoms with Gasteiger partial charge in [0.25, 0.3) is 0 Å². The summed E-state index contributed by atoms with van der Waals surface area (Å²) >= 11 is 0. The number of aliphatic hydroxyl groups excluding tert-OH is 1. The van der Waals surface area contributed by atoms with Gasteiger partial charge in [-0.25, -0.2) is 0 Å². The second-order valence-corrected chi connectivity index (χ2v) is 5.77. The molecule has 0 saturated heterocycles. The van der Waals surface area contributed by atoms with Crippen molar-refractivity contribution in [3.05, 3.63) is 35.6 Å². The average molecular weight is 232 g/mol. The van der Waals surface area contributed by atoms with E-state index < -0.39 is 0 Å². The molecule has 0 aliphatic rings. The summed E-state index contributed by atoms with van der Waals surface area (Å²) in [5, 5.41) is 10.5. The summed E-state index contributed by atoms with van der Waals surface area (Å²) in [6.07, 6.45) is 0.206. The molecule has 1 heterocycles. The molecular formula is C15H20O2. The molecule has 2 heteroatoms. The molecule has 0 fully saturated rings. The molecule has 2 nitrogen and oxygen atoms in total. The molecular weight excluding hydrogens is 212 g/mol. The highest BCUT2D eigenvalue weighted by molar-refractivity contribution is 5.78. The topological polar surface area (TPSA) is 33.4 Å². The number of fused-ring (bicyclic) bond motifs is 1. The fourth-order valence-corrected chi connectivity index (χ4v) is 1.94. The molecule has 0 aliphatic heterocycles. The van der Waals surface area contributed by atoms with Crippen molar-refractivity contribution in [2.75, 3.05) is 0 Å². The van der Waals surface area contributed by atoms with E-state index >= 15 is 0 Å². The Morgan fingerprint density at radius 3 is 2.53 bits per heavy atom. The van der Waals surface area contributed by atoms with E-state index in [4.69, 9.17) is 4.42 Å². The standard InChI is InChI=1S/C15H20O2/c1-10(16)7-13-8-11-5-6-12(15(2,3)4)9-14(11)17-13/h5-6,8-10,16H,7H2,1-4H3. The van der Waals surface area contributed by atoms with Crippen LogP contribution in [0.3, 0.4) is 0 Å². The number of hydrogen-bond donors (Lipinski definition) is 1. The van der Waals surface area contributed by atoms with E-state index in [-0.39, 0.29) is 11.5 Å². The molecule has 17 heavy (non-hydrogen) atoms. The van der Waals surface area contributed by atoms with Gasteiger partial charge in [0, 0.05) is 11.8 Å². The van der Waals surface area contributed by atoms with Crippen LogP contribution >= 0.6 is 0 Å². The number of furan rings is 1. The summed E-state index contributed by atoms with van der Waals surface area (Å²) in [7, 11) is 0. The van der Waals surface area contributed by atoms with Crippen molar-refractivity contribution in [3.63, 3.8) is 0 Å². The molecule has 1 aromatic heterocycles. The van der Waals surface area contributed by atoms with Crippen molar-refractivity contribution < 1.29 is 9.52 Å². The van der Waals surface area contributed by atoms with Crippen LogP contribution in [-0.2, 0) is 11.8 Å². The summed E-state index contributed by atoms with van der Waals surface area (Å²) in [6.45, 7) is 8.34. The van der Waals surface area contributed by atoms with E-state index in [0.29, 0.717) is 6.42 Å². The lowest BCUT2D eigenvalue weighted by molar-refractivity contribution is 0.188. The molecule has 0 spiro atoms. The van der Waals surface area contributed by atoms with E-state index in [9.17, 15) is 5.11 Å². The first-order valence-electron chi connectivity index (χ1n) is 6.07. The Labute approximate surface area is 102 Å². The normalized spacial score (nSPS) is 14.2. The van der Waals surface area contributed by atoms with Crippen LogP contribution < -0.4 is 0 Å². The highest BCUT2D eigenvalue weighted by Crippen LogP contribution is 2.28. The first-order valence-corrected chi connectivity index (χ1v) is 6.07. The summed E-state index contributed by atoms with van der Waals surface area (Å²) in [5.41, 5.74) is 2.31. The van der Waals surface area contributed by atoms with Gasteiger partial charge in [0.2, 0.25) is 0 Å². The minimum absolute atomic E-state index is 0.130. The van der Waals surface area contributed by atoms with Crippen molar-refractivity contribution in [1.82, 2.24) is 0 Å². The maximum Gasteiger partial charge on any atom is 0.134 e. The number of benzene rings is 1. The number of aliphatic hydroxyl groups is 1. The van der Waals surface area contributed by atoms with E-state index in [1.165, 1.54) is 5.56 Å². The predicted molar refractivity (Wildman–Crippen MR) is 70.3 cm³/mol. The van der Waals surface area contributed by atoms with Crippen LogP contribution in [0, 0.1) is 0 Å². The largest absolute Gasteiger partial charge is 0.461 e. The van der Waals surface area contributed by atoms with Crippen LogP contribution in [0.1, 0.15) is 39.0 Å². The fourth-order valence-electron chi connectivity index (χ4n) is 1.94. The smallest absolute Gasteiger partial charge is 0.134 e. The van der Waals surface area contributed by atoms with Gasteiger partial charge in [0.15, 0.2) is 0 Å². The molecule has 0 aliphatic carbocycles. The number of hydrogen-bond acceptors (Lipinski definition) is 2. The van der Waals surface area contributed by atoms with E-state index in [2.05, 4.69) is 39.0 Å². The minimum Gasteiger partial charge on any atom is -0.461 e. The van der Waals surface area contributed by atoms with Gasteiger partial charge in [-0.15, -0.1) is 0 Å². The molecule has 1 aromatic carbocycles. The summed E-state index contributed by atoms with van der Waals surface area (Å²) in [4.78, 5) is 0. The molecule has 0 saturated carbocycles. The Morgan fingerprint density at radius 1 is 1.24 bits per heavy atom.